The van der Waals surface area contributed by atoms with E-state index in [1.54, 1.807) is 48.4 Å². The Bertz CT molecular complexity index is 1150. The fourth-order valence-corrected chi connectivity index (χ4v) is 4.61. The van der Waals surface area contributed by atoms with Crippen molar-refractivity contribution in [2.24, 2.45) is 0 Å². The topological polar surface area (TPSA) is 67.9 Å². The summed E-state index contributed by atoms with van der Waals surface area (Å²) in [7, 11) is 1.58. The zero-order chi connectivity index (χ0) is 26.0. The predicted octanol–water partition coefficient (Wildman–Crippen LogP) is 4.91. The summed E-state index contributed by atoms with van der Waals surface area (Å²) in [6, 6.07) is 22.0. The molecule has 0 radical (unpaired) electrons. The summed E-state index contributed by atoms with van der Waals surface area (Å²) in [5.74, 6) is 0.330. The van der Waals surface area contributed by atoms with E-state index < -0.39 is 6.04 Å². The molecule has 0 unspecified atom stereocenters. The molecule has 1 saturated carbocycles. The molecule has 0 spiro atoms. The van der Waals surface area contributed by atoms with Crippen molar-refractivity contribution in [1.82, 2.24) is 10.2 Å². The Balaban J connectivity index is 1.58. The number of carbonyl (C=O) groups excluding carboxylic acids is 2. The number of hydrogen-bond acceptors (Lipinski definition) is 4. The van der Waals surface area contributed by atoms with Gasteiger partial charge >= 0.3 is 0 Å². The highest BCUT2D eigenvalue weighted by Gasteiger charge is 2.32. The quantitative estimate of drug-likeness (QED) is 0.403. The van der Waals surface area contributed by atoms with Crippen LogP contribution in [0, 0.1) is 5.82 Å². The summed E-state index contributed by atoms with van der Waals surface area (Å²) >= 11 is 0. The largest absolute Gasteiger partial charge is 0.497 e. The van der Waals surface area contributed by atoms with Crippen LogP contribution in [0.5, 0.6) is 11.5 Å². The van der Waals surface area contributed by atoms with Gasteiger partial charge in [0, 0.05) is 19.0 Å². The number of nitrogens with zero attached hydrogens (tertiary/aromatic N) is 1. The van der Waals surface area contributed by atoms with Crippen LogP contribution in [0.1, 0.15) is 36.8 Å². The molecule has 2 amide bonds. The summed E-state index contributed by atoms with van der Waals surface area (Å²) in [4.78, 5) is 28.8. The molecular weight excluding hydrogens is 471 g/mol. The Morgan fingerprint density at radius 1 is 0.919 bits per heavy atom. The average molecular weight is 505 g/mol. The van der Waals surface area contributed by atoms with Crippen molar-refractivity contribution in [3.8, 4) is 11.5 Å². The van der Waals surface area contributed by atoms with E-state index >= 15 is 0 Å². The molecule has 37 heavy (non-hydrogen) atoms. The van der Waals surface area contributed by atoms with E-state index in [0.717, 1.165) is 36.8 Å². The molecule has 6 nitrogen and oxygen atoms in total. The van der Waals surface area contributed by atoms with Gasteiger partial charge in [0.05, 0.1) is 7.11 Å². The molecule has 1 aliphatic rings. The molecule has 0 heterocycles. The molecule has 1 aliphatic carbocycles. The van der Waals surface area contributed by atoms with Crippen LogP contribution in [-0.4, -0.2) is 42.5 Å². The maximum absolute atomic E-state index is 13.6. The number of nitrogens with one attached hydrogen (secondary N) is 1. The highest BCUT2D eigenvalue weighted by atomic mass is 19.1. The minimum atomic E-state index is -0.750. The van der Waals surface area contributed by atoms with Gasteiger partial charge in [-0.2, -0.15) is 0 Å². The first-order valence-electron chi connectivity index (χ1n) is 12.7. The lowest BCUT2D eigenvalue weighted by Crippen LogP contribution is -2.53. The summed E-state index contributed by atoms with van der Waals surface area (Å²) in [6.45, 7) is -0.0871. The Kier molecular flexibility index (Phi) is 9.13. The summed E-state index contributed by atoms with van der Waals surface area (Å²) in [6.07, 6.45) is 4.41. The van der Waals surface area contributed by atoms with E-state index in [-0.39, 0.29) is 36.8 Å². The maximum atomic E-state index is 13.6. The van der Waals surface area contributed by atoms with Gasteiger partial charge in [-0.15, -0.1) is 0 Å². The van der Waals surface area contributed by atoms with Gasteiger partial charge < -0.3 is 19.7 Å². The molecule has 0 aliphatic heterocycles. The average Bonchev–Trinajstić information content (AvgIpc) is 3.44. The van der Waals surface area contributed by atoms with Gasteiger partial charge in [0.15, 0.2) is 6.61 Å². The number of amides is 2. The van der Waals surface area contributed by atoms with Crippen molar-refractivity contribution in [2.75, 3.05) is 13.7 Å². The second-order valence-electron chi connectivity index (χ2n) is 9.31. The second kappa shape index (κ2) is 12.9. The van der Waals surface area contributed by atoms with Crippen LogP contribution in [0.25, 0.3) is 0 Å². The van der Waals surface area contributed by atoms with E-state index in [1.807, 2.05) is 30.3 Å². The summed E-state index contributed by atoms with van der Waals surface area (Å²) in [5.41, 5.74) is 1.67. The molecule has 3 aromatic carbocycles. The van der Waals surface area contributed by atoms with Gasteiger partial charge in [-0.3, -0.25) is 9.59 Å². The van der Waals surface area contributed by atoms with E-state index in [9.17, 15) is 14.0 Å². The smallest absolute Gasteiger partial charge is 0.261 e. The van der Waals surface area contributed by atoms with Crippen molar-refractivity contribution in [3.05, 3.63) is 95.8 Å². The highest BCUT2D eigenvalue weighted by Crippen LogP contribution is 2.21. The van der Waals surface area contributed by atoms with Crippen molar-refractivity contribution in [2.45, 2.75) is 50.7 Å². The van der Waals surface area contributed by atoms with Crippen molar-refractivity contribution < 1.29 is 23.5 Å². The van der Waals surface area contributed by atoms with Crippen LogP contribution in [-0.2, 0) is 22.6 Å². The molecule has 3 aromatic rings. The lowest BCUT2D eigenvalue weighted by atomic mass is 10.0. The number of rotatable bonds is 11. The molecule has 4 rings (SSSR count). The lowest BCUT2D eigenvalue weighted by Gasteiger charge is -2.32. The molecule has 0 aromatic heterocycles. The lowest BCUT2D eigenvalue weighted by molar-refractivity contribution is -0.143. The first-order valence-corrected chi connectivity index (χ1v) is 12.7. The first kappa shape index (κ1) is 26.2. The fourth-order valence-electron chi connectivity index (χ4n) is 4.61. The SMILES string of the molecule is COc1ccc(OCC(=O)N(Cc2ccc(F)cc2)[C@H](Cc2ccccc2)C(=O)NC2CCCC2)cc1. The second-order valence-corrected chi connectivity index (χ2v) is 9.31. The van der Waals surface area contributed by atoms with Crippen LogP contribution in [0.15, 0.2) is 78.9 Å². The highest BCUT2D eigenvalue weighted by molar-refractivity contribution is 5.88. The summed E-state index contributed by atoms with van der Waals surface area (Å²) < 4.78 is 24.5. The minimum Gasteiger partial charge on any atom is -0.497 e. The Hall–Kier alpha value is -3.87. The number of benzene rings is 3. The molecule has 0 saturated heterocycles. The van der Waals surface area contributed by atoms with E-state index in [1.165, 1.54) is 12.1 Å². The molecule has 7 heteroatoms. The minimum absolute atomic E-state index is 0.115. The van der Waals surface area contributed by atoms with Crippen LogP contribution in [0.4, 0.5) is 4.39 Å². The van der Waals surface area contributed by atoms with Crippen LogP contribution in [0.3, 0.4) is 0 Å². The zero-order valence-electron chi connectivity index (χ0n) is 21.1. The number of ether oxygens (including phenoxy) is 2. The molecule has 0 bridgehead atoms. The van der Waals surface area contributed by atoms with Crippen molar-refractivity contribution >= 4 is 11.8 Å². The maximum Gasteiger partial charge on any atom is 0.261 e. The predicted molar refractivity (Wildman–Crippen MR) is 140 cm³/mol. The molecule has 1 fully saturated rings. The molecule has 1 N–H and O–H groups in total. The third-order valence-electron chi connectivity index (χ3n) is 6.66. The Morgan fingerprint density at radius 3 is 2.22 bits per heavy atom. The van der Waals surface area contributed by atoms with Crippen LogP contribution < -0.4 is 14.8 Å². The van der Waals surface area contributed by atoms with Crippen molar-refractivity contribution in [3.63, 3.8) is 0 Å². The van der Waals surface area contributed by atoms with Crippen molar-refractivity contribution in [1.29, 1.82) is 0 Å². The zero-order valence-corrected chi connectivity index (χ0v) is 21.1. The van der Waals surface area contributed by atoms with Crippen LogP contribution in [0.2, 0.25) is 0 Å². The van der Waals surface area contributed by atoms with Gasteiger partial charge in [-0.05, 0) is 60.4 Å². The van der Waals surface area contributed by atoms with E-state index in [0.29, 0.717) is 17.9 Å². The van der Waals surface area contributed by atoms with Gasteiger partial charge in [-0.1, -0.05) is 55.3 Å². The number of carbonyl (C=O) groups is 2. The normalized spacial score (nSPS) is 14.1. The molecular formula is C30H33FN2O4. The Labute approximate surface area is 217 Å². The van der Waals surface area contributed by atoms with Gasteiger partial charge in [0.25, 0.3) is 5.91 Å². The number of hydrogen-bond donors (Lipinski definition) is 1. The molecule has 194 valence electrons. The number of methoxy groups -OCH3 is 1. The first-order chi connectivity index (χ1) is 18.0. The number of halogens is 1. The third kappa shape index (κ3) is 7.56. The van der Waals surface area contributed by atoms with Gasteiger partial charge in [0.1, 0.15) is 23.4 Å². The van der Waals surface area contributed by atoms with Gasteiger partial charge in [0.2, 0.25) is 5.91 Å². The van der Waals surface area contributed by atoms with Crippen LogP contribution >= 0.6 is 0 Å². The van der Waals surface area contributed by atoms with E-state index in [4.69, 9.17) is 9.47 Å². The Morgan fingerprint density at radius 2 is 1.57 bits per heavy atom. The third-order valence-corrected chi connectivity index (χ3v) is 6.66. The standard InChI is InChI=1S/C30H33FN2O4/c1-36-26-15-17-27(18-16-26)37-21-29(34)33(20-23-11-13-24(31)14-12-23)28(19-22-7-3-2-4-8-22)30(35)32-25-9-5-6-10-25/h2-4,7-8,11-18,25,28H,5-6,9-10,19-21H2,1H3,(H,32,35)/t28-/m1/s1. The van der Waals surface area contributed by atoms with E-state index in [2.05, 4.69) is 5.32 Å². The fraction of sp³-hybridized carbons (Fsp3) is 0.333. The summed E-state index contributed by atoms with van der Waals surface area (Å²) in [5, 5.41) is 3.17. The monoisotopic (exact) mass is 504 g/mol. The molecule has 1 atom stereocenters. The van der Waals surface area contributed by atoms with Gasteiger partial charge in [-0.25, -0.2) is 4.39 Å².